The lowest BCUT2D eigenvalue weighted by molar-refractivity contribution is 0.112. The van der Waals surface area contributed by atoms with Gasteiger partial charge in [-0.1, -0.05) is 24.3 Å². The minimum atomic E-state index is 0.513. The van der Waals surface area contributed by atoms with Gasteiger partial charge in [-0.2, -0.15) is 0 Å². The number of rotatable bonds is 2. The van der Waals surface area contributed by atoms with Crippen LogP contribution in [0.3, 0.4) is 0 Å². The molecule has 0 saturated carbocycles. The van der Waals surface area contributed by atoms with Gasteiger partial charge in [0.25, 0.3) is 0 Å². The fourth-order valence-corrected chi connectivity index (χ4v) is 2.43. The Morgan fingerprint density at radius 3 is 2.58 bits per heavy atom. The first kappa shape index (κ1) is 11.8. The molecule has 96 valence electrons. The van der Waals surface area contributed by atoms with E-state index in [2.05, 4.69) is 39.1 Å². The zero-order valence-electron chi connectivity index (χ0n) is 10.6. The van der Waals surface area contributed by atoms with Crippen LogP contribution >= 0.6 is 0 Å². The SMILES string of the molecule is O=Cc1cnc(N2CCCc3ccccc3C2)nc1. The summed E-state index contributed by atoms with van der Waals surface area (Å²) in [5, 5.41) is 0. The van der Waals surface area contributed by atoms with E-state index >= 15 is 0 Å². The number of carbonyl (C=O) groups excluding carboxylic acids is 1. The minimum Gasteiger partial charge on any atom is -0.336 e. The number of anilines is 1. The second-order valence-corrected chi connectivity index (χ2v) is 4.73. The third-order valence-electron chi connectivity index (χ3n) is 3.43. The van der Waals surface area contributed by atoms with E-state index in [4.69, 9.17) is 0 Å². The first-order valence-corrected chi connectivity index (χ1v) is 6.46. The number of carbonyl (C=O) groups is 1. The minimum absolute atomic E-state index is 0.513. The van der Waals surface area contributed by atoms with Crippen LogP contribution in [0.2, 0.25) is 0 Å². The van der Waals surface area contributed by atoms with Crippen molar-refractivity contribution in [1.29, 1.82) is 0 Å². The van der Waals surface area contributed by atoms with Gasteiger partial charge in [0.1, 0.15) is 0 Å². The molecule has 2 heterocycles. The molecule has 0 fully saturated rings. The Bertz CT molecular complexity index is 580. The van der Waals surface area contributed by atoms with E-state index in [0.717, 1.165) is 32.2 Å². The molecular weight excluding hydrogens is 238 g/mol. The predicted molar refractivity (Wildman–Crippen MR) is 73.2 cm³/mol. The number of aryl methyl sites for hydroxylation is 1. The summed E-state index contributed by atoms with van der Waals surface area (Å²) >= 11 is 0. The van der Waals surface area contributed by atoms with Gasteiger partial charge in [0.05, 0.1) is 5.56 Å². The summed E-state index contributed by atoms with van der Waals surface area (Å²) in [7, 11) is 0. The molecule has 2 aromatic rings. The van der Waals surface area contributed by atoms with Crippen LogP contribution in [0, 0.1) is 0 Å². The number of nitrogens with zero attached hydrogens (tertiary/aromatic N) is 3. The Morgan fingerprint density at radius 2 is 1.84 bits per heavy atom. The van der Waals surface area contributed by atoms with Crippen LogP contribution in [0.4, 0.5) is 5.95 Å². The Morgan fingerprint density at radius 1 is 1.11 bits per heavy atom. The largest absolute Gasteiger partial charge is 0.336 e. The lowest BCUT2D eigenvalue weighted by atomic mass is 10.0. The molecule has 4 nitrogen and oxygen atoms in total. The number of fused-ring (bicyclic) bond motifs is 1. The van der Waals surface area contributed by atoms with Gasteiger partial charge in [-0.05, 0) is 24.0 Å². The van der Waals surface area contributed by atoms with Crippen molar-refractivity contribution < 1.29 is 4.79 Å². The third-order valence-corrected chi connectivity index (χ3v) is 3.43. The van der Waals surface area contributed by atoms with E-state index in [1.165, 1.54) is 11.1 Å². The highest BCUT2D eigenvalue weighted by Crippen LogP contribution is 2.21. The second-order valence-electron chi connectivity index (χ2n) is 4.73. The molecule has 1 aromatic carbocycles. The van der Waals surface area contributed by atoms with Gasteiger partial charge in [-0.25, -0.2) is 9.97 Å². The van der Waals surface area contributed by atoms with E-state index in [-0.39, 0.29) is 0 Å². The number of hydrogen-bond donors (Lipinski definition) is 0. The monoisotopic (exact) mass is 253 g/mol. The van der Waals surface area contributed by atoms with Crippen LogP contribution < -0.4 is 4.90 Å². The summed E-state index contributed by atoms with van der Waals surface area (Å²) in [5.74, 6) is 0.697. The zero-order valence-corrected chi connectivity index (χ0v) is 10.6. The highest BCUT2D eigenvalue weighted by Gasteiger charge is 2.16. The van der Waals surface area contributed by atoms with Gasteiger partial charge in [0.2, 0.25) is 5.95 Å². The molecule has 4 heteroatoms. The van der Waals surface area contributed by atoms with Crippen LogP contribution in [0.1, 0.15) is 27.9 Å². The standard InChI is InChI=1S/C15H15N3O/c19-11-12-8-16-15(17-9-12)18-7-3-6-13-4-1-2-5-14(13)10-18/h1-2,4-5,8-9,11H,3,6-7,10H2. The van der Waals surface area contributed by atoms with Crippen LogP contribution in [0.25, 0.3) is 0 Å². The zero-order chi connectivity index (χ0) is 13.1. The Hall–Kier alpha value is -2.23. The Balaban J connectivity index is 1.87. The maximum atomic E-state index is 10.6. The molecule has 0 radical (unpaired) electrons. The van der Waals surface area contributed by atoms with E-state index < -0.39 is 0 Å². The van der Waals surface area contributed by atoms with Crippen molar-refractivity contribution in [3.8, 4) is 0 Å². The normalized spacial score (nSPS) is 14.6. The molecular formula is C15H15N3O. The molecule has 0 atom stereocenters. The quantitative estimate of drug-likeness (QED) is 0.770. The first-order chi connectivity index (χ1) is 9.36. The fraction of sp³-hybridized carbons (Fsp3) is 0.267. The summed E-state index contributed by atoms with van der Waals surface area (Å²) in [6.07, 6.45) is 6.11. The average Bonchev–Trinajstić information content (AvgIpc) is 2.69. The smallest absolute Gasteiger partial charge is 0.225 e. The van der Waals surface area contributed by atoms with E-state index in [1.807, 2.05) is 0 Å². The predicted octanol–water partition coefficient (Wildman–Crippen LogP) is 2.24. The molecule has 0 spiro atoms. The number of aromatic nitrogens is 2. The van der Waals surface area contributed by atoms with Gasteiger partial charge in [-0.15, -0.1) is 0 Å². The number of benzene rings is 1. The van der Waals surface area contributed by atoms with Crippen molar-refractivity contribution in [3.63, 3.8) is 0 Å². The molecule has 0 amide bonds. The second kappa shape index (κ2) is 5.18. The van der Waals surface area contributed by atoms with Crippen molar-refractivity contribution in [3.05, 3.63) is 53.3 Å². The van der Waals surface area contributed by atoms with Gasteiger partial charge < -0.3 is 4.90 Å². The van der Waals surface area contributed by atoms with Gasteiger partial charge in [0, 0.05) is 25.5 Å². The van der Waals surface area contributed by atoms with Crippen LogP contribution in [0.15, 0.2) is 36.7 Å². The molecule has 1 aliphatic rings. The van der Waals surface area contributed by atoms with Gasteiger partial charge >= 0.3 is 0 Å². The molecule has 3 rings (SSSR count). The molecule has 1 aromatic heterocycles. The van der Waals surface area contributed by atoms with Crippen molar-refractivity contribution in [2.75, 3.05) is 11.4 Å². The third kappa shape index (κ3) is 2.47. The average molecular weight is 253 g/mol. The highest BCUT2D eigenvalue weighted by molar-refractivity contribution is 5.73. The van der Waals surface area contributed by atoms with E-state index in [9.17, 15) is 4.79 Å². The first-order valence-electron chi connectivity index (χ1n) is 6.46. The lowest BCUT2D eigenvalue weighted by Crippen LogP contribution is -2.24. The van der Waals surface area contributed by atoms with E-state index in [1.54, 1.807) is 12.4 Å². The maximum absolute atomic E-state index is 10.6. The topological polar surface area (TPSA) is 46.1 Å². The number of aldehydes is 1. The molecule has 0 saturated heterocycles. The highest BCUT2D eigenvalue weighted by atomic mass is 16.1. The summed E-state index contributed by atoms with van der Waals surface area (Å²) in [5.41, 5.74) is 3.26. The Labute approximate surface area is 112 Å². The maximum Gasteiger partial charge on any atom is 0.225 e. The molecule has 0 bridgehead atoms. The molecule has 1 aliphatic heterocycles. The van der Waals surface area contributed by atoms with Crippen molar-refractivity contribution in [1.82, 2.24) is 9.97 Å². The van der Waals surface area contributed by atoms with Crippen molar-refractivity contribution in [2.24, 2.45) is 0 Å². The summed E-state index contributed by atoms with van der Waals surface area (Å²) in [6, 6.07) is 8.51. The van der Waals surface area contributed by atoms with Crippen LogP contribution in [0.5, 0.6) is 0 Å². The van der Waals surface area contributed by atoms with Crippen molar-refractivity contribution in [2.45, 2.75) is 19.4 Å². The van der Waals surface area contributed by atoms with E-state index in [0.29, 0.717) is 11.5 Å². The number of hydrogen-bond acceptors (Lipinski definition) is 4. The van der Waals surface area contributed by atoms with Crippen molar-refractivity contribution >= 4 is 12.2 Å². The van der Waals surface area contributed by atoms with Gasteiger partial charge in [0.15, 0.2) is 6.29 Å². The summed E-state index contributed by atoms with van der Waals surface area (Å²) < 4.78 is 0. The molecule has 19 heavy (non-hydrogen) atoms. The lowest BCUT2D eigenvalue weighted by Gasteiger charge is -2.20. The summed E-state index contributed by atoms with van der Waals surface area (Å²) in [4.78, 5) is 21.3. The molecule has 0 aliphatic carbocycles. The summed E-state index contributed by atoms with van der Waals surface area (Å²) in [6.45, 7) is 1.77. The van der Waals surface area contributed by atoms with Crippen LogP contribution in [-0.4, -0.2) is 22.8 Å². The van der Waals surface area contributed by atoms with Gasteiger partial charge in [-0.3, -0.25) is 4.79 Å². The molecule has 0 N–H and O–H groups in total. The van der Waals surface area contributed by atoms with Crippen LogP contribution in [-0.2, 0) is 13.0 Å². The Kier molecular flexibility index (Phi) is 3.23. The molecule has 0 unspecified atom stereocenters. The fourth-order valence-electron chi connectivity index (χ4n) is 2.43.